The molecule has 2 aliphatic rings. The summed E-state index contributed by atoms with van der Waals surface area (Å²) in [7, 11) is 0. The fraction of sp³-hybridized carbons (Fsp3) is 0.933. The van der Waals surface area contributed by atoms with E-state index in [4.69, 9.17) is 0 Å². The monoisotopic (exact) mass is 249 g/mol. The highest BCUT2D eigenvalue weighted by molar-refractivity contribution is 4.96. The lowest BCUT2D eigenvalue weighted by molar-refractivity contribution is 0.182. The zero-order valence-electron chi connectivity index (χ0n) is 11.7. The van der Waals surface area contributed by atoms with Crippen molar-refractivity contribution in [2.75, 3.05) is 19.6 Å². The van der Waals surface area contributed by atoms with Crippen molar-refractivity contribution in [3.8, 4) is 6.07 Å². The Morgan fingerprint density at radius 1 is 1.28 bits per heavy atom. The van der Waals surface area contributed by atoms with Gasteiger partial charge in [-0.25, -0.2) is 0 Å². The molecule has 0 aromatic rings. The van der Waals surface area contributed by atoms with Crippen molar-refractivity contribution >= 4 is 0 Å². The molecule has 0 radical (unpaired) electrons. The zero-order chi connectivity index (χ0) is 12.8. The van der Waals surface area contributed by atoms with Gasteiger partial charge in [-0.2, -0.15) is 5.26 Å². The molecular weight excluding hydrogens is 222 g/mol. The molecule has 0 spiro atoms. The predicted octanol–water partition coefficient (Wildman–Crippen LogP) is 2.53. The molecule has 2 rings (SSSR count). The van der Waals surface area contributed by atoms with Crippen LogP contribution in [-0.2, 0) is 0 Å². The summed E-state index contributed by atoms with van der Waals surface area (Å²) in [5, 5.41) is 12.6. The highest BCUT2D eigenvalue weighted by atomic mass is 15.2. The van der Waals surface area contributed by atoms with Crippen LogP contribution in [0.5, 0.6) is 0 Å². The fourth-order valence-electron chi connectivity index (χ4n) is 3.66. The van der Waals surface area contributed by atoms with E-state index < -0.39 is 0 Å². The van der Waals surface area contributed by atoms with Gasteiger partial charge in [-0.3, -0.25) is 4.90 Å². The topological polar surface area (TPSA) is 39.1 Å². The van der Waals surface area contributed by atoms with Gasteiger partial charge in [0.15, 0.2) is 0 Å². The summed E-state index contributed by atoms with van der Waals surface area (Å²) in [6, 6.07) is 3.21. The van der Waals surface area contributed by atoms with Crippen LogP contribution in [0.2, 0.25) is 0 Å². The number of hydrogen-bond acceptors (Lipinski definition) is 3. The number of rotatable bonds is 6. The van der Waals surface area contributed by atoms with Gasteiger partial charge in [0.05, 0.1) is 6.07 Å². The molecule has 102 valence electrons. The average molecular weight is 249 g/mol. The van der Waals surface area contributed by atoms with Crippen LogP contribution in [0.4, 0.5) is 0 Å². The molecular formula is C15H27N3. The van der Waals surface area contributed by atoms with E-state index in [9.17, 15) is 5.26 Å². The summed E-state index contributed by atoms with van der Waals surface area (Å²) >= 11 is 0. The van der Waals surface area contributed by atoms with Crippen molar-refractivity contribution in [2.24, 2.45) is 5.92 Å². The largest absolute Gasteiger partial charge is 0.301 e. The first-order chi connectivity index (χ1) is 8.85. The third kappa shape index (κ3) is 3.46. The molecule has 0 amide bonds. The summed E-state index contributed by atoms with van der Waals surface area (Å²) < 4.78 is 0. The molecule has 1 N–H and O–H groups in total. The number of nitriles is 1. The molecule has 2 unspecified atom stereocenters. The Kier molecular flexibility index (Phi) is 5.46. The van der Waals surface area contributed by atoms with Crippen LogP contribution >= 0.6 is 0 Å². The van der Waals surface area contributed by atoms with Crippen molar-refractivity contribution < 1.29 is 0 Å². The van der Waals surface area contributed by atoms with E-state index in [2.05, 4.69) is 23.2 Å². The summed E-state index contributed by atoms with van der Waals surface area (Å²) in [5.41, 5.74) is 0. The number of nitrogens with one attached hydrogen (secondary N) is 1. The van der Waals surface area contributed by atoms with E-state index >= 15 is 0 Å². The maximum absolute atomic E-state index is 9.23. The third-order valence-electron chi connectivity index (χ3n) is 4.57. The first-order valence-corrected chi connectivity index (χ1v) is 7.72. The first-order valence-electron chi connectivity index (χ1n) is 7.72. The maximum atomic E-state index is 9.23. The van der Waals surface area contributed by atoms with Gasteiger partial charge in [0.25, 0.3) is 0 Å². The first kappa shape index (κ1) is 13.8. The van der Waals surface area contributed by atoms with Gasteiger partial charge in [0.1, 0.15) is 6.04 Å². The molecule has 1 aliphatic carbocycles. The third-order valence-corrected chi connectivity index (χ3v) is 4.57. The second-order valence-electron chi connectivity index (χ2n) is 5.88. The highest BCUT2D eigenvalue weighted by Gasteiger charge is 2.33. The zero-order valence-corrected chi connectivity index (χ0v) is 11.7. The summed E-state index contributed by atoms with van der Waals surface area (Å²) in [6.07, 6.45) is 9.46. The predicted molar refractivity (Wildman–Crippen MR) is 74.2 cm³/mol. The minimum absolute atomic E-state index is 0.0203. The van der Waals surface area contributed by atoms with Gasteiger partial charge in [0, 0.05) is 12.6 Å². The molecule has 2 fully saturated rings. The van der Waals surface area contributed by atoms with E-state index in [0.29, 0.717) is 0 Å². The second kappa shape index (κ2) is 7.11. The molecule has 2 atom stereocenters. The molecule has 0 aromatic heterocycles. The van der Waals surface area contributed by atoms with Crippen LogP contribution in [-0.4, -0.2) is 36.6 Å². The van der Waals surface area contributed by atoms with E-state index in [1.165, 1.54) is 45.1 Å². The molecule has 1 aliphatic heterocycles. The van der Waals surface area contributed by atoms with Crippen LogP contribution in [0.3, 0.4) is 0 Å². The standard InChI is InChI=1S/C15H27N3/c1-2-9-17-14(11-16)12-18-10-5-8-15(18)13-6-3-4-7-13/h13-15,17H,2-10,12H2,1H3. The molecule has 1 heterocycles. The Morgan fingerprint density at radius 2 is 2.06 bits per heavy atom. The minimum atomic E-state index is 0.0203. The lowest BCUT2D eigenvalue weighted by Crippen LogP contribution is -2.44. The average Bonchev–Trinajstić information content (AvgIpc) is 3.04. The van der Waals surface area contributed by atoms with E-state index in [0.717, 1.165) is 31.5 Å². The Labute approximate surface area is 112 Å². The Bertz CT molecular complexity index is 278. The lowest BCUT2D eigenvalue weighted by atomic mass is 9.96. The SMILES string of the molecule is CCCNC(C#N)CN1CCCC1C1CCCC1. The quantitative estimate of drug-likeness (QED) is 0.786. The Morgan fingerprint density at radius 3 is 2.72 bits per heavy atom. The maximum Gasteiger partial charge on any atom is 0.108 e. The van der Waals surface area contributed by atoms with Gasteiger partial charge >= 0.3 is 0 Å². The number of nitrogens with zero attached hydrogens (tertiary/aromatic N) is 2. The fourth-order valence-corrected chi connectivity index (χ4v) is 3.66. The van der Waals surface area contributed by atoms with Crippen molar-refractivity contribution in [1.29, 1.82) is 5.26 Å². The summed E-state index contributed by atoms with van der Waals surface area (Å²) in [6.45, 7) is 5.24. The molecule has 1 saturated heterocycles. The number of hydrogen-bond donors (Lipinski definition) is 1. The van der Waals surface area contributed by atoms with Gasteiger partial charge in [-0.15, -0.1) is 0 Å². The Balaban J connectivity index is 1.84. The van der Waals surface area contributed by atoms with E-state index in [-0.39, 0.29) is 6.04 Å². The highest BCUT2D eigenvalue weighted by Crippen LogP contribution is 2.35. The molecule has 3 nitrogen and oxygen atoms in total. The molecule has 0 bridgehead atoms. The molecule has 3 heteroatoms. The summed E-state index contributed by atoms with van der Waals surface area (Å²) in [5.74, 6) is 0.915. The van der Waals surface area contributed by atoms with Gasteiger partial charge in [-0.1, -0.05) is 19.8 Å². The Hall–Kier alpha value is -0.590. The van der Waals surface area contributed by atoms with Crippen LogP contribution in [0.25, 0.3) is 0 Å². The molecule has 18 heavy (non-hydrogen) atoms. The second-order valence-corrected chi connectivity index (χ2v) is 5.88. The molecule has 0 aromatic carbocycles. The van der Waals surface area contributed by atoms with Gasteiger partial charge in [0.2, 0.25) is 0 Å². The summed E-state index contributed by atoms with van der Waals surface area (Å²) in [4.78, 5) is 2.59. The van der Waals surface area contributed by atoms with Crippen molar-refractivity contribution in [3.05, 3.63) is 0 Å². The van der Waals surface area contributed by atoms with Gasteiger partial charge < -0.3 is 5.32 Å². The number of likely N-dealkylation sites (tertiary alicyclic amines) is 1. The smallest absolute Gasteiger partial charge is 0.108 e. The van der Waals surface area contributed by atoms with Crippen LogP contribution in [0.15, 0.2) is 0 Å². The van der Waals surface area contributed by atoms with Crippen LogP contribution in [0.1, 0.15) is 51.9 Å². The van der Waals surface area contributed by atoms with Gasteiger partial charge in [-0.05, 0) is 51.1 Å². The van der Waals surface area contributed by atoms with Crippen molar-refractivity contribution in [1.82, 2.24) is 10.2 Å². The van der Waals surface area contributed by atoms with Crippen molar-refractivity contribution in [3.63, 3.8) is 0 Å². The van der Waals surface area contributed by atoms with Crippen LogP contribution < -0.4 is 5.32 Å². The minimum Gasteiger partial charge on any atom is -0.301 e. The van der Waals surface area contributed by atoms with E-state index in [1.807, 2.05) is 0 Å². The molecule has 1 saturated carbocycles. The lowest BCUT2D eigenvalue weighted by Gasteiger charge is -2.30. The normalized spacial score (nSPS) is 27.4. The van der Waals surface area contributed by atoms with E-state index in [1.54, 1.807) is 0 Å². The van der Waals surface area contributed by atoms with Crippen molar-refractivity contribution in [2.45, 2.75) is 64.0 Å². The van der Waals surface area contributed by atoms with Crippen LogP contribution in [0, 0.1) is 17.2 Å².